The van der Waals surface area contributed by atoms with Gasteiger partial charge in [0.2, 0.25) is 0 Å². The third-order valence-electron chi connectivity index (χ3n) is 5.78. The minimum atomic E-state index is -0.561. The first-order valence-corrected chi connectivity index (χ1v) is 10.7. The summed E-state index contributed by atoms with van der Waals surface area (Å²) in [5.74, 6) is -0.607. The first-order chi connectivity index (χ1) is 15.5. The van der Waals surface area contributed by atoms with Crippen molar-refractivity contribution in [1.29, 1.82) is 5.26 Å². The predicted octanol–water partition coefficient (Wildman–Crippen LogP) is 2.56. The molecule has 2 heterocycles. The summed E-state index contributed by atoms with van der Waals surface area (Å²) in [6.07, 6.45) is 0.465. The molecule has 32 heavy (non-hydrogen) atoms. The van der Waals surface area contributed by atoms with Gasteiger partial charge in [0.05, 0.1) is 24.0 Å². The van der Waals surface area contributed by atoms with Gasteiger partial charge in [-0.05, 0) is 54.3 Å². The van der Waals surface area contributed by atoms with Gasteiger partial charge in [-0.15, -0.1) is 0 Å². The summed E-state index contributed by atoms with van der Waals surface area (Å²) in [5.41, 5.74) is 4.97. The largest absolute Gasteiger partial charge is 0.419 e. The smallest absolute Gasteiger partial charge is 0.407 e. The van der Waals surface area contributed by atoms with Gasteiger partial charge < -0.3 is 19.8 Å². The van der Waals surface area contributed by atoms with Crippen molar-refractivity contribution in [2.75, 3.05) is 19.7 Å². The normalized spacial score (nSPS) is 17.5. The van der Waals surface area contributed by atoms with Crippen LogP contribution in [0.5, 0.6) is 0 Å². The van der Waals surface area contributed by atoms with Gasteiger partial charge in [-0.25, -0.2) is 4.79 Å². The predicted molar refractivity (Wildman–Crippen MR) is 120 cm³/mol. The van der Waals surface area contributed by atoms with Gasteiger partial charge in [-0.3, -0.25) is 9.36 Å². The molecule has 1 saturated heterocycles. The molecule has 166 valence electrons. The lowest BCUT2D eigenvalue weighted by molar-refractivity contribution is -0.132. The van der Waals surface area contributed by atoms with E-state index >= 15 is 0 Å². The minimum Gasteiger partial charge on any atom is -0.407 e. The Balaban J connectivity index is 1.56. The van der Waals surface area contributed by atoms with Crippen LogP contribution in [0.4, 0.5) is 0 Å². The number of carbonyl (C=O) groups excluding carboxylic acids is 1. The maximum atomic E-state index is 12.7. The standard InChI is InChI=1S/C24H26N4O4/c1-15-12-18(13-20-22(15)32-24(30)28(20)2)16-4-6-17(7-5-16)19(8-9-25)27-23(29)21-14-26-10-3-11-31-21/h4-7,12-13,19,21,26H,3,8,10-11,14H2,1-2H3,(H,27,29)/t19?,21-/m0/s1. The minimum absolute atomic E-state index is 0.160. The van der Waals surface area contributed by atoms with Crippen molar-refractivity contribution in [3.63, 3.8) is 0 Å². The Morgan fingerprint density at radius 2 is 2.09 bits per heavy atom. The van der Waals surface area contributed by atoms with Gasteiger partial charge in [0.1, 0.15) is 6.10 Å². The number of oxazole rings is 1. The molecule has 1 unspecified atom stereocenters. The molecule has 0 radical (unpaired) electrons. The number of nitriles is 1. The monoisotopic (exact) mass is 434 g/mol. The molecule has 4 rings (SSSR count). The topological polar surface area (TPSA) is 109 Å². The fraction of sp³-hybridized carbons (Fsp3) is 0.375. The molecule has 0 bridgehead atoms. The Bertz CT molecular complexity index is 1210. The van der Waals surface area contributed by atoms with Crippen LogP contribution in [0, 0.1) is 18.3 Å². The van der Waals surface area contributed by atoms with E-state index in [1.54, 1.807) is 7.05 Å². The summed E-state index contributed by atoms with van der Waals surface area (Å²) in [5, 5.41) is 15.4. The lowest BCUT2D eigenvalue weighted by Gasteiger charge is -2.21. The molecule has 0 aliphatic carbocycles. The number of nitrogens with one attached hydrogen (secondary N) is 2. The third-order valence-corrected chi connectivity index (χ3v) is 5.78. The molecule has 0 spiro atoms. The maximum absolute atomic E-state index is 12.7. The summed E-state index contributed by atoms with van der Waals surface area (Å²) in [6.45, 7) is 3.73. The van der Waals surface area contributed by atoms with E-state index in [1.165, 1.54) is 4.57 Å². The first-order valence-electron chi connectivity index (χ1n) is 10.7. The number of nitrogens with zero attached hydrogens (tertiary/aromatic N) is 2. The van der Waals surface area contributed by atoms with Crippen LogP contribution in [-0.2, 0) is 16.6 Å². The van der Waals surface area contributed by atoms with Gasteiger partial charge in [-0.2, -0.15) is 5.26 Å². The van der Waals surface area contributed by atoms with E-state index in [1.807, 2.05) is 43.3 Å². The summed E-state index contributed by atoms with van der Waals surface area (Å²) in [6, 6.07) is 13.4. The van der Waals surface area contributed by atoms with Crippen LogP contribution in [0.3, 0.4) is 0 Å². The fourth-order valence-electron chi connectivity index (χ4n) is 3.96. The maximum Gasteiger partial charge on any atom is 0.419 e. The summed E-state index contributed by atoms with van der Waals surface area (Å²) in [4.78, 5) is 24.5. The van der Waals surface area contributed by atoms with Crippen LogP contribution in [-0.4, -0.2) is 36.3 Å². The highest BCUT2D eigenvalue weighted by molar-refractivity contribution is 5.84. The zero-order valence-electron chi connectivity index (χ0n) is 18.2. The van der Waals surface area contributed by atoms with Gasteiger partial charge in [0, 0.05) is 20.2 Å². The van der Waals surface area contributed by atoms with Crippen molar-refractivity contribution in [3.05, 3.63) is 58.1 Å². The van der Waals surface area contributed by atoms with Gasteiger partial charge in [0.25, 0.3) is 5.91 Å². The number of aryl methyl sites for hydroxylation is 2. The van der Waals surface area contributed by atoms with Crippen molar-refractivity contribution in [2.24, 2.45) is 7.05 Å². The zero-order valence-corrected chi connectivity index (χ0v) is 18.2. The van der Waals surface area contributed by atoms with E-state index in [0.717, 1.165) is 40.7 Å². The van der Waals surface area contributed by atoms with Crippen molar-refractivity contribution in [2.45, 2.75) is 31.9 Å². The Morgan fingerprint density at radius 3 is 2.84 bits per heavy atom. The van der Waals surface area contributed by atoms with E-state index in [4.69, 9.17) is 9.15 Å². The molecule has 1 amide bonds. The fourth-order valence-corrected chi connectivity index (χ4v) is 3.96. The first kappa shape index (κ1) is 21.8. The quantitative estimate of drug-likeness (QED) is 0.639. The molecule has 2 atom stereocenters. The number of aromatic nitrogens is 1. The average molecular weight is 434 g/mol. The Morgan fingerprint density at radius 1 is 1.31 bits per heavy atom. The number of rotatable bonds is 5. The van der Waals surface area contributed by atoms with E-state index in [-0.39, 0.29) is 12.3 Å². The van der Waals surface area contributed by atoms with Crippen LogP contribution in [0.15, 0.2) is 45.6 Å². The number of carbonyl (C=O) groups is 1. The second-order valence-electron chi connectivity index (χ2n) is 8.03. The molecule has 8 heteroatoms. The number of benzene rings is 2. The van der Waals surface area contributed by atoms with Crippen LogP contribution in [0.2, 0.25) is 0 Å². The molecule has 1 aliphatic heterocycles. The molecular weight excluding hydrogens is 408 g/mol. The van der Waals surface area contributed by atoms with Crippen molar-refractivity contribution >= 4 is 17.0 Å². The Hall–Kier alpha value is -3.41. The van der Waals surface area contributed by atoms with E-state index in [0.29, 0.717) is 18.7 Å². The molecule has 2 N–H and O–H groups in total. The SMILES string of the molecule is Cc1cc(-c2ccc(C(CC#N)NC(=O)[C@@H]3CNCCCO3)cc2)cc2c1oc(=O)n2C. The van der Waals surface area contributed by atoms with Crippen molar-refractivity contribution in [1.82, 2.24) is 15.2 Å². The number of fused-ring (bicyclic) bond motifs is 1. The van der Waals surface area contributed by atoms with Crippen LogP contribution in [0.1, 0.15) is 30.0 Å². The second kappa shape index (κ2) is 9.39. The molecule has 1 aliphatic rings. The highest BCUT2D eigenvalue weighted by Crippen LogP contribution is 2.28. The summed E-state index contributed by atoms with van der Waals surface area (Å²) in [7, 11) is 1.68. The van der Waals surface area contributed by atoms with Crippen LogP contribution < -0.4 is 16.4 Å². The Kier molecular flexibility index (Phi) is 6.40. The zero-order chi connectivity index (χ0) is 22.7. The molecular formula is C24H26N4O4. The highest BCUT2D eigenvalue weighted by atomic mass is 16.5. The third kappa shape index (κ3) is 4.44. The number of ether oxygens (including phenoxy) is 1. The molecule has 2 aromatic carbocycles. The van der Waals surface area contributed by atoms with E-state index in [9.17, 15) is 14.9 Å². The molecule has 8 nitrogen and oxygen atoms in total. The number of amides is 1. The molecule has 1 fully saturated rings. The van der Waals surface area contributed by atoms with Crippen LogP contribution in [0.25, 0.3) is 22.2 Å². The van der Waals surface area contributed by atoms with E-state index < -0.39 is 17.9 Å². The number of hydrogen-bond donors (Lipinski definition) is 2. The van der Waals surface area contributed by atoms with Gasteiger partial charge in [-0.1, -0.05) is 24.3 Å². The highest BCUT2D eigenvalue weighted by Gasteiger charge is 2.24. The average Bonchev–Trinajstić information content (AvgIpc) is 2.98. The van der Waals surface area contributed by atoms with Gasteiger partial charge in [0.15, 0.2) is 5.58 Å². The van der Waals surface area contributed by atoms with Gasteiger partial charge >= 0.3 is 5.76 Å². The van der Waals surface area contributed by atoms with Crippen molar-refractivity contribution < 1.29 is 13.9 Å². The van der Waals surface area contributed by atoms with Crippen LogP contribution >= 0.6 is 0 Å². The molecule has 0 saturated carbocycles. The lowest BCUT2D eigenvalue weighted by atomic mass is 9.98. The summed E-state index contributed by atoms with van der Waals surface area (Å²) < 4.78 is 12.4. The second-order valence-corrected chi connectivity index (χ2v) is 8.03. The Labute approximate surface area is 185 Å². The number of hydrogen-bond acceptors (Lipinski definition) is 6. The summed E-state index contributed by atoms with van der Waals surface area (Å²) >= 11 is 0. The lowest BCUT2D eigenvalue weighted by Crippen LogP contribution is -2.42. The molecule has 3 aromatic rings. The molecule has 1 aromatic heterocycles. The van der Waals surface area contributed by atoms with E-state index in [2.05, 4.69) is 16.7 Å². The van der Waals surface area contributed by atoms with Crippen molar-refractivity contribution in [3.8, 4) is 17.2 Å².